The molecule has 2 atom stereocenters. The van der Waals surface area contributed by atoms with E-state index in [4.69, 9.17) is 9.47 Å². The number of aryl methyl sites for hydroxylation is 3. The number of unbranched alkanes of at least 4 members (excludes halogenated alkanes) is 1. The number of rotatable bonds is 15. The highest BCUT2D eigenvalue weighted by atomic mass is 79.9. The first-order chi connectivity index (χ1) is 22.6. The maximum absolute atomic E-state index is 16.0. The number of nitrogens with zero attached hydrogens (tertiary/aromatic N) is 1. The molecule has 1 N–H and O–H groups in total. The molecule has 258 valence electrons. The Morgan fingerprint density at radius 3 is 2.40 bits per heavy atom. The number of hydrogen-bond donors (Lipinski definition) is 1. The summed E-state index contributed by atoms with van der Waals surface area (Å²) in [6, 6.07) is 4.75. The normalized spacial score (nSPS) is 12.6. The lowest BCUT2D eigenvalue weighted by Gasteiger charge is -2.25. The smallest absolute Gasteiger partial charge is 0.417 e. The van der Waals surface area contributed by atoms with E-state index in [-0.39, 0.29) is 24.2 Å². The maximum Gasteiger partial charge on any atom is 0.417 e. The molecule has 0 fully saturated rings. The van der Waals surface area contributed by atoms with Crippen LogP contribution in [0.15, 0.2) is 71.1 Å². The molecule has 0 unspecified atom stereocenters. The fourth-order valence-corrected chi connectivity index (χ4v) is 5.96. The van der Waals surface area contributed by atoms with Crippen LogP contribution in [-0.4, -0.2) is 29.7 Å². The van der Waals surface area contributed by atoms with Gasteiger partial charge in [0.25, 0.3) is 5.56 Å². The van der Waals surface area contributed by atoms with Crippen molar-refractivity contribution in [3.05, 3.63) is 110 Å². The SMILES string of the molecule is C=CCCCOc1cc(C)cc(C)c1-c1cc(C)c(F)c([C@H](CC(=O)OCC)NC(=O)[C@H](CC=C)n2cc(Br)c(C(F)(F)F)cc2=O)c1. The van der Waals surface area contributed by atoms with Crippen molar-refractivity contribution in [2.24, 2.45) is 0 Å². The number of nitrogens with one attached hydrogen (secondary N) is 1. The molecular formula is C36H39BrF4N2O5. The first-order valence-corrected chi connectivity index (χ1v) is 16.1. The summed E-state index contributed by atoms with van der Waals surface area (Å²) in [5.74, 6) is -1.67. The predicted molar refractivity (Wildman–Crippen MR) is 180 cm³/mol. The van der Waals surface area contributed by atoms with E-state index < -0.39 is 58.0 Å². The number of carbonyl (C=O) groups is 2. The summed E-state index contributed by atoms with van der Waals surface area (Å²) in [6.45, 7) is 14.8. The third-order valence-corrected chi connectivity index (χ3v) is 8.19. The highest BCUT2D eigenvalue weighted by molar-refractivity contribution is 9.10. The standard InChI is InChI=1S/C36H39BrF4N2O5/c1-7-10-11-13-48-30-15-21(4)14-22(5)33(30)24-16-23(6)34(38)25(17-24)28(19-32(45)47-9-3)42-35(46)29(12-8-2)43-20-27(37)26(18-31(43)44)36(39,40)41/h7-8,14-18,20,28-29H,1-2,9-13,19H2,3-6H3,(H,42,46)/t28-,29-/m0/s1. The molecule has 12 heteroatoms. The second kappa shape index (κ2) is 16.8. The van der Waals surface area contributed by atoms with Crippen LogP contribution in [0.5, 0.6) is 5.75 Å². The number of ether oxygens (including phenoxy) is 2. The average molecular weight is 736 g/mol. The molecule has 2 aromatic carbocycles. The number of carbonyl (C=O) groups excluding carboxylic acids is 2. The Morgan fingerprint density at radius 1 is 1.06 bits per heavy atom. The van der Waals surface area contributed by atoms with Gasteiger partial charge in [0.1, 0.15) is 17.6 Å². The van der Waals surface area contributed by atoms with Gasteiger partial charge in [-0.05, 0) is 103 Å². The van der Waals surface area contributed by atoms with Crippen LogP contribution in [0.1, 0.15) is 72.5 Å². The number of esters is 1. The van der Waals surface area contributed by atoms with Crippen molar-refractivity contribution in [3.63, 3.8) is 0 Å². The monoisotopic (exact) mass is 734 g/mol. The molecule has 0 aliphatic heterocycles. The van der Waals surface area contributed by atoms with Crippen molar-refractivity contribution in [2.45, 2.75) is 71.6 Å². The van der Waals surface area contributed by atoms with Gasteiger partial charge in [0, 0.05) is 27.9 Å². The fourth-order valence-electron chi connectivity index (χ4n) is 5.40. The van der Waals surface area contributed by atoms with Crippen molar-refractivity contribution in [3.8, 4) is 16.9 Å². The molecule has 3 rings (SSSR count). The Labute approximate surface area is 285 Å². The Kier molecular flexibility index (Phi) is 13.4. The second-order valence-corrected chi connectivity index (χ2v) is 12.2. The minimum Gasteiger partial charge on any atom is -0.493 e. The Hall–Kier alpha value is -4.19. The van der Waals surface area contributed by atoms with Crippen LogP contribution in [0.3, 0.4) is 0 Å². The summed E-state index contributed by atoms with van der Waals surface area (Å²) in [6.07, 6.45) is 0.0533. The third kappa shape index (κ3) is 9.46. The largest absolute Gasteiger partial charge is 0.493 e. The van der Waals surface area contributed by atoms with E-state index in [1.807, 2.05) is 26.0 Å². The number of hydrogen-bond acceptors (Lipinski definition) is 5. The van der Waals surface area contributed by atoms with Crippen LogP contribution in [0.4, 0.5) is 17.6 Å². The van der Waals surface area contributed by atoms with Gasteiger partial charge in [0.05, 0.1) is 31.2 Å². The van der Waals surface area contributed by atoms with Crippen molar-refractivity contribution < 1.29 is 36.6 Å². The molecular weight excluding hydrogens is 696 g/mol. The van der Waals surface area contributed by atoms with Crippen LogP contribution >= 0.6 is 15.9 Å². The van der Waals surface area contributed by atoms with E-state index in [1.54, 1.807) is 26.0 Å². The number of alkyl halides is 3. The van der Waals surface area contributed by atoms with E-state index in [0.29, 0.717) is 29.5 Å². The minimum absolute atomic E-state index is 0.0257. The van der Waals surface area contributed by atoms with Crippen molar-refractivity contribution in [2.75, 3.05) is 13.2 Å². The van der Waals surface area contributed by atoms with Gasteiger partial charge in [-0.1, -0.05) is 18.2 Å². The molecule has 1 amide bonds. The summed E-state index contributed by atoms with van der Waals surface area (Å²) in [7, 11) is 0. The average Bonchev–Trinajstić information content (AvgIpc) is 2.99. The highest BCUT2D eigenvalue weighted by Crippen LogP contribution is 2.38. The van der Waals surface area contributed by atoms with Gasteiger partial charge < -0.3 is 19.4 Å². The zero-order valence-corrected chi connectivity index (χ0v) is 28.9. The Morgan fingerprint density at radius 2 is 1.77 bits per heavy atom. The quantitative estimate of drug-likeness (QED) is 0.0732. The van der Waals surface area contributed by atoms with Crippen molar-refractivity contribution >= 4 is 27.8 Å². The molecule has 7 nitrogen and oxygen atoms in total. The number of halogens is 5. The molecule has 0 saturated carbocycles. The molecule has 0 aliphatic carbocycles. The zero-order chi connectivity index (χ0) is 35.8. The van der Waals surface area contributed by atoms with Gasteiger partial charge in [-0.25, -0.2) is 4.39 Å². The summed E-state index contributed by atoms with van der Waals surface area (Å²) in [4.78, 5) is 39.4. The van der Waals surface area contributed by atoms with Crippen LogP contribution in [0.25, 0.3) is 11.1 Å². The van der Waals surface area contributed by atoms with Gasteiger partial charge in [0.2, 0.25) is 5.91 Å². The van der Waals surface area contributed by atoms with Gasteiger partial charge in [-0.2, -0.15) is 13.2 Å². The van der Waals surface area contributed by atoms with Crippen LogP contribution in [0.2, 0.25) is 0 Å². The predicted octanol–water partition coefficient (Wildman–Crippen LogP) is 8.63. The number of allylic oxidation sites excluding steroid dienone is 2. The second-order valence-electron chi connectivity index (χ2n) is 11.3. The number of amides is 1. The first-order valence-electron chi connectivity index (χ1n) is 15.3. The Bertz CT molecular complexity index is 1730. The number of aromatic nitrogens is 1. The number of pyridine rings is 1. The minimum atomic E-state index is -4.81. The molecule has 1 heterocycles. The highest BCUT2D eigenvalue weighted by Gasteiger charge is 2.35. The summed E-state index contributed by atoms with van der Waals surface area (Å²) < 4.78 is 68.0. The van der Waals surface area contributed by atoms with Gasteiger partial charge in [-0.15, -0.1) is 13.2 Å². The van der Waals surface area contributed by atoms with Crippen LogP contribution in [0, 0.1) is 26.6 Å². The van der Waals surface area contributed by atoms with Crippen LogP contribution < -0.4 is 15.6 Å². The molecule has 1 aromatic heterocycles. The van der Waals surface area contributed by atoms with Crippen molar-refractivity contribution in [1.82, 2.24) is 9.88 Å². The van der Waals surface area contributed by atoms with E-state index in [2.05, 4.69) is 34.4 Å². The molecule has 0 saturated heterocycles. The van der Waals surface area contributed by atoms with Crippen LogP contribution in [-0.2, 0) is 20.5 Å². The summed E-state index contributed by atoms with van der Waals surface area (Å²) in [5.41, 5.74) is 1.01. The van der Waals surface area contributed by atoms with Gasteiger partial charge >= 0.3 is 12.1 Å². The van der Waals surface area contributed by atoms with E-state index in [1.165, 1.54) is 12.1 Å². The molecule has 0 aliphatic rings. The van der Waals surface area contributed by atoms with Gasteiger partial charge in [-0.3, -0.25) is 14.4 Å². The number of benzene rings is 2. The summed E-state index contributed by atoms with van der Waals surface area (Å²) in [5, 5.41) is 2.67. The maximum atomic E-state index is 16.0. The lowest BCUT2D eigenvalue weighted by Crippen LogP contribution is -2.40. The van der Waals surface area contributed by atoms with E-state index >= 15 is 4.39 Å². The molecule has 0 radical (unpaired) electrons. The lowest BCUT2D eigenvalue weighted by molar-refractivity contribution is -0.144. The lowest BCUT2D eigenvalue weighted by atomic mass is 9.91. The Balaban J connectivity index is 2.14. The fraction of sp³-hybridized carbons (Fsp3) is 0.361. The zero-order valence-electron chi connectivity index (χ0n) is 27.3. The molecule has 3 aromatic rings. The molecule has 0 bridgehead atoms. The van der Waals surface area contributed by atoms with Crippen molar-refractivity contribution in [1.29, 1.82) is 0 Å². The summed E-state index contributed by atoms with van der Waals surface area (Å²) >= 11 is 2.85. The molecule has 0 spiro atoms. The third-order valence-electron chi connectivity index (χ3n) is 7.56. The van der Waals surface area contributed by atoms with Gasteiger partial charge in [0.15, 0.2) is 0 Å². The van der Waals surface area contributed by atoms with E-state index in [9.17, 15) is 27.6 Å². The van der Waals surface area contributed by atoms with E-state index in [0.717, 1.165) is 34.7 Å². The topological polar surface area (TPSA) is 86.6 Å². The first kappa shape index (κ1) is 38.3. The molecule has 48 heavy (non-hydrogen) atoms.